The van der Waals surface area contributed by atoms with Crippen LogP contribution in [0.25, 0.3) is 11.0 Å². The van der Waals surface area contributed by atoms with Crippen molar-refractivity contribution in [3.63, 3.8) is 0 Å². The van der Waals surface area contributed by atoms with E-state index in [-0.39, 0.29) is 18.5 Å². The number of hydrogen-bond donors (Lipinski definition) is 1. The maximum Gasteiger partial charge on any atom is 0.335 e. The van der Waals surface area contributed by atoms with Gasteiger partial charge in [-0.2, -0.15) is 0 Å². The zero-order chi connectivity index (χ0) is 29.2. The van der Waals surface area contributed by atoms with Crippen LogP contribution in [-0.2, 0) is 13.2 Å². The molecule has 3 heterocycles. The maximum atomic E-state index is 14.2. The topological polar surface area (TPSA) is 80.5 Å². The summed E-state index contributed by atoms with van der Waals surface area (Å²) in [5, 5.41) is 9.97. The average molecular weight is 591 g/mol. The van der Waals surface area contributed by atoms with Crippen LogP contribution < -0.4 is 4.74 Å². The van der Waals surface area contributed by atoms with Gasteiger partial charge in [0.05, 0.1) is 22.6 Å². The van der Waals surface area contributed by atoms with Gasteiger partial charge in [0.1, 0.15) is 18.2 Å². The molecule has 1 aliphatic carbocycles. The minimum absolute atomic E-state index is 0.0892. The summed E-state index contributed by atoms with van der Waals surface area (Å²) in [6.45, 7) is 5.01. The lowest BCUT2D eigenvalue weighted by Crippen LogP contribution is -2.37. The van der Waals surface area contributed by atoms with E-state index in [2.05, 4.69) is 16.4 Å². The Kier molecular flexibility index (Phi) is 8.45. The number of pyridine rings is 1. The molecule has 0 amide bonds. The summed E-state index contributed by atoms with van der Waals surface area (Å²) in [6, 6.07) is 15.8. The molecule has 2 aromatic carbocycles. The summed E-state index contributed by atoms with van der Waals surface area (Å²) in [4.78, 5) is 24.1. The monoisotopic (exact) mass is 590 g/mol. The molecule has 1 N–H and O–H groups in total. The molecule has 1 aliphatic heterocycles. The molecule has 0 spiro atoms. The van der Waals surface area contributed by atoms with Crippen molar-refractivity contribution in [2.75, 3.05) is 13.1 Å². The first-order chi connectivity index (χ1) is 20.4. The normalized spacial score (nSPS) is 17.3. The Bertz CT molecular complexity index is 1580. The second kappa shape index (κ2) is 12.4. The summed E-state index contributed by atoms with van der Waals surface area (Å²) < 4.78 is 22.3. The Morgan fingerprint density at radius 3 is 2.60 bits per heavy atom. The van der Waals surface area contributed by atoms with Crippen LogP contribution in [0.2, 0.25) is 5.02 Å². The van der Waals surface area contributed by atoms with Crippen molar-refractivity contribution in [1.29, 1.82) is 0 Å². The fraction of sp³-hybridized carbons (Fsp3) is 0.424. The number of carbonyl (C=O) groups is 1. The van der Waals surface area contributed by atoms with Crippen LogP contribution in [0, 0.1) is 11.7 Å². The summed E-state index contributed by atoms with van der Waals surface area (Å²) in [7, 11) is 0. The highest BCUT2D eigenvalue weighted by Crippen LogP contribution is 2.37. The SMILES string of the molecule is CC[C@H](c1nc2ccc(C(=O)O)cc2n1CC1CCC1)N1CCC(c2cccc(OCc3ccc(Cl)cc3F)n2)CC1. The molecule has 1 saturated heterocycles. The Balaban J connectivity index is 1.16. The van der Waals surface area contributed by atoms with E-state index < -0.39 is 5.97 Å². The van der Waals surface area contributed by atoms with E-state index in [1.807, 2.05) is 24.3 Å². The van der Waals surface area contributed by atoms with E-state index in [1.165, 1.54) is 25.3 Å². The van der Waals surface area contributed by atoms with Gasteiger partial charge in [-0.1, -0.05) is 37.1 Å². The van der Waals surface area contributed by atoms with E-state index in [1.54, 1.807) is 24.3 Å². The second-order valence-electron chi connectivity index (χ2n) is 11.5. The van der Waals surface area contributed by atoms with Crippen LogP contribution in [0.15, 0.2) is 54.6 Å². The lowest BCUT2D eigenvalue weighted by molar-refractivity contribution is 0.0697. The lowest BCUT2D eigenvalue weighted by Gasteiger charge is -2.37. The molecular weight excluding hydrogens is 555 g/mol. The van der Waals surface area contributed by atoms with Crippen LogP contribution in [0.5, 0.6) is 5.88 Å². The summed E-state index contributed by atoms with van der Waals surface area (Å²) >= 11 is 5.86. The molecule has 0 radical (unpaired) electrons. The molecule has 0 unspecified atom stereocenters. The molecule has 7 nitrogen and oxygen atoms in total. The van der Waals surface area contributed by atoms with E-state index in [0.29, 0.717) is 33.9 Å². The number of aromatic nitrogens is 3. The predicted octanol–water partition coefficient (Wildman–Crippen LogP) is 7.63. The first kappa shape index (κ1) is 28.6. The molecule has 6 rings (SSSR count). The Morgan fingerprint density at radius 2 is 1.90 bits per heavy atom. The molecule has 9 heteroatoms. The van der Waals surface area contributed by atoms with Crippen molar-refractivity contribution in [2.45, 2.75) is 70.6 Å². The fourth-order valence-corrected chi connectivity index (χ4v) is 6.45. The molecule has 0 bridgehead atoms. The van der Waals surface area contributed by atoms with Gasteiger partial charge in [0.25, 0.3) is 0 Å². The first-order valence-corrected chi connectivity index (χ1v) is 15.3. The number of aromatic carboxylic acids is 1. The number of imidazole rings is 1. The highest BCUT2D eigenvalue weighted by atomic mass is 35.5. The van der Waals surface area contributed by atoms with Crippen molar-refractivity contribution in [3.8, 4) is 5.88 Å². The standard InChI is InChI=1S/C33H36ClFN4O3/c1-2-29(32-37-28-12-10-23(33(40)41)17-30(28)39(32)19-21-5-3-6-21)38-15-13-22(14-16-38)27-7-4-8-31(36-27)42-20-24-9-11-25(34)18-26(24)35/h4,7-12,17-18,21-22,29H,2-3,5-6,13-16,19-20H2,1H3,(H,40,41)/t29-/m1/s1. The molecular formula is C33H36ClFN4O3. The van der Waals surface area contributed by atoms with Gasteiger partial charge < -0.3 is 14.4 Å². The van der Waals surface area contributed by atoms with Gasteiger partial charge in [-0.05, 0) is 87.5 Å². The first-order valence-electron chi connectivity index (χ1n) is 14.9. The van der Waals surface area contributed by atoms with Gasteiger partial charge in [-0.25, -0.2) is 19.2 Å². The van der Waals surface area contributed by atoms with Crippen LogP contribution in [0.3, 0.4) is 0 Å². The van der Waals surface area contributed by atoms with Gasteiger partial charge >= 0.3 is 5.97 Å². The van der Waals surface area contributed by atoms with E-state index in [4.69, 9.17) is 26.3 Å². The van der Waals surface area contributed by atoms with Gasteiger partial charge in [0.2, 0.25) is 5.88 Å². The van der Waals surface area contributed by atoms with Crippen molar-refractivity contribution >= 4 is 28.6 Å². The molecule has 1 saturated carbocycles. The Labute approximate surface area is 250 Å². The van der Waals surface area contributed by atoms with Crippen LogP contribution in [0.4, 0.5) is 4.39 Å². The molecule has 2 aromatic heterocycles. The average Bonchev–Trinajstić information content (AvgIpc) is 3.32. The number of fused-ring (bicyclic) bond motifs is 1. The van der Waals surface area contributed by atoms with Crippen molar-refractivity contribution < 1.29 is 19.0 Å². The number of likely N-dealkylation sites (tertiary alicyclic amines) is 1. The Morgan fingerprint density at radius 1 is 1.10 bits per heavy atom. The van der Waals surface area contributed by atoms with Crippen LogP contribution >= 0.6 is 11.6 Å². The van der Waals surface area contributed by atoms with Crippen molar-refractivity contribution in [2.24, 2.45) is 5.92 Å². The quantitative estimate of drug-likeness (QED) is 0.204. The molecule has 2 aliphatic rings. The predicted molar refractivity (Wildman–Crippen MR) is 161 cm³/mol. The lowest BCUT2D eigenvalue weighted by atomic mass is 9.85. The molecule has 2 fully saturated rings. The number of benzene rings is 2. The number of hydrogen-bond acceptors (Lipinski definition) is 5. The van der Waals surface area contributed by atoms with E-state index >= 15 is 0 Å². The van der Waals surface area contributed by atoms with Gasteiger partial charge in [0.15, 0.2) is 0 Å². The number of rotatable bonds is 10. The van der Waals surface area contributed by atoms with E-state index in [9.17, 15) is 14.3 Å². The van der Waals surface area contributed by atoms with E-state index in [0.717, 1.165) is 61.4 Å². The third kappa shape index (κ3) is 6.01. The smallest absolute Gasteiger partial charge is 0.335 e. The number of piperidine rings is 1. The minimum atomic E-state index is -0.913. The zero-order valence-electron chi connectivity index (χ0n) is 23.8. The number of carboxylic acid groups (broad SMARTS) is 1. The van der Waals surface area contributed by atoms with Gasteiger partial charge in [0, 0.05) is 34.8 Å². The van der Waals surface area contributed by atoms with Gasteiger partial charge in [-0.15, -0.1) is 0 Å². The molecule has 42 heavy (non-hydrogen) atoms. The number of carboxylic acids is 1. The minimum Gasteiger partial charge on any atom is -0.478 e. The highest BCUT2D eigenvalue weighted by Gasteiger charge is 2.31. The summed E-state index contributed by atoms with van der Waals surface area (Å²) in [6.07, 6.45) is 6.54. The third-order valence-corrected chi connectivity index (χ3v) is 9.13. The summed E-state index contributed by atoms with van der Waals surface area (Å²) in [5.41, 5.74) is 3.52. The zero-order valence-corrected chi connectivity index (χ0v) is 24.6. The largest absolute Gasteiger partial charge is 0.478 e. The number of halogens is 2. The van der Waals surface area contributed by atoms with Crippen LogP contribution in [0.1, 0.15) is 84.8 Å². The number of ether oxygens (including phenoxy) is 1. The maximum absolute atomic E-state index is 14.2. The fourth-order valence-electron chi connectivity index (χ4n) is 6.29. The third-order valence-electron chi connectivity index (χ3n) is 8.90. The molecule has 1 atom stereocenters. The van der Waals surface area contributed by atoms with Crippen LogP contribution in [-0.4, -0.2) is 43.6 Å². The number of nitrogens with zero attached hydrogens (tertiary/aromatic N) is 4. The van der Waals surface area contributed by atoms with Crippen molar-refractivity contribution in [3.05, 3.63) is 88.1 Å². The Hall–Kier alpha value is -3.49. The highest BCUT2D eigenvalue weighted by molar-refractivity contribution is 6.30. The second-order valence-corrected chi connectivity index (χ2v) is 12.0. The van der Waals surface area contributed by atoms with Crippen molar-refractivity contribution in [1.82, 2.24) is 19.4 Å². The molecule has 4 aromatic rings. The van der Waals surface area contributed by atoms with Gasteiger partial charge in [-0.3, -0.25) is 4.90 Å². The molecule has 220 valence electrons. The summed E-state index contributed by atoms with van der Waals surface area (Å²) in [5.74, 6) is 1.16.